The summed E-state index contributed by atoms with van der Waals surface area (Å²) in [6, 6.07) is 9.64. The summed E-state index contributed by atoms with van der Waals surface area (Å²) in [6.45, 7) is 6.61. The summed E-state index contributed by atoms with van der Waals surface area (Å²) in [4.78, 5) is 38.7. The third-order valence-electron chi connectivity index (χ3n) is 5.42. The molecule has 1 aromatic carbocycles. The van der Waals surface area contributed by atoms with E-state index in [1.807, 2.05) is 36.1 Å². The molecule has 152 valence electrons. The van der Waals surface area contributed by atoms with Crippen molar-refractivity contribution in [2.45, 2.75) is 19.8 Å². The van der Waals surface area contributed by atoms with Crippen molar-refractivity contribution in [2.75, 3.05) is 54.4 Å². The molecule has 1 N–H and O–H groups in total. The fraction of sp³-hybridized carbons (Fsp3) is 0.429. The Balaban J connectivity index is 1.44. The number of hydrogen-bond acceptors (Lipinski definition) is 6. The number of nitrogens with one attached hydrogen (secondary N) is 1. The normalized spacial score (nSPS) is 16.8. The number of carbonyl (C=O) groups excluding carboxylic acids is 2. The number of carbonyl (C=O) groups is 2. The molecular weight excluding hydrogens is 368 g/mol. The largest absolute Gasteiger partial charge is 0.372 e. The van der Waals surface area contributed by atoms with Gasteiger partial charge in [-0.25, -0.2) is 9.97 Å². The van der Waals surface area contributed by atoms with Crippen molar-refractivity contribution in [3.63, 3.8) is 0 Å². The van der Waals surface area contributed by atoms with Gasteiger partial charge in [0.15, 0.2) is 0 Å². The van der Waals surface area contributed by atoms with Crippen LogP contribution >= 0.6 is 0 Å². The molecular formula is C21H26N6O2. The molecule has 3 heterocycles. The second kappa shape index (κ2) is 8.46. The van der Waals surface area contributed by atoms with Crippen molar-refractivity contribution in [1.29, 1.82) is 0 Å². The first kappa shape index (κ1) is 19.2. The van der Waals surface area contributed by atoms with Crippen molar-refractivity contribution in [2.24, 2.45) is 0 Å². The molecule has 2 amide bonds. The van der Waals surface area contributed by atoms with Crippen molar-refractivity contribution in [3.8, 4) is 0 Å². The van der Waals surface area contributed by atoms with Crippen LogP contribution in [-0.4, -0.2) is 66.5 Å². The van der Waals surface area contributed by atoms with Gasteiger partial charge in [0.25, 0.3) is 5.91 Å². The Morgan fingerprint density at radius 2 is 1.66 bits per heavy atom. The Hall–Kier alpha value is -3.16. The first-order valence-electron chi connectivity index (χ1n) is 10.1. The lowest BCUT2D eigenvalue weighted by molar-refractivity contribution is -0.118. The Bertz CT molecular complexity index is 871. The third kappa shape index (κ3) is 4.47. The highest BCUT2D eigenvalue weighted by Crippen LogP contribution is 2.22. The molecule has 0 bridgehead atoms. The summed E-state index contributed by atoms with van der Waals surface area (Å²) in [5.41, 5.74) is 3.02. The highest BCUT2D eigenvalue weighted by Gasteiger charge is 2.20. The van der Waals surface area contributed by atoms with E-state index in [2.05, 4.69) is 20.2 Å². The molecule has 0 radical (unpaired) electrons. The topological polar surface area (TPSA) is 81.7 Å². The van der Waals surface area contributed by atoms with Gasteiger partial charge in [0, 0.05) is 56.3 Å². The molecule has 2 aliphatic rings. The van der Waals surface area contributed by atoms with Gasteiger partial charge in [-0.3, -0.25) is 9.59 Å². The van der Waals surface area contributed by atoms with Crippen LogP contribution in [0.4, 0.5) is 17.3 Å². The Morgan fingerprint density at radius 3 is 2.31 bits per heavy atom. The predicted molar refractivity (Wildman–Crippen MR) is 112 cm³/mol. The van der Waals surface area contributed by atoms with Crippen LogP contribution in [0.3, 0.4) is 0 Å². The molecule has 1 aromatic heterocycles. The summed E-state index contributed by atoms with van der Waals surface area (Å²) in [5.74, 6) is 0.280. The van der Waals surface area contributed by atoms with Gasteiger partial charge in [-0.15, -0.1) is 0 Å². The van der Waals surface area contributed by atoms with E-state index in [1.165, 1.54) is 18.5 Å². The fourth-order valence-electron chi connectivity index (χ4n) is 3.76. The van der Waals surface area contributed by atoms with Crippen LogP contribution in [0.5, 0.6) is 0 Å². The molecule has 29 heavy (non-hydrogen) atoms. The standard InChI is InChI=1S/C21H26N6O2/c1-16-14-19(24-21(22-16)27-12-10-25(15-28)11-13-27)20(29)23-17-4-6-18(7-5-17)26-8-2-3-9-26/h4-7,14-15H,2-3,8-13H2,1H3,(H,23,29). The van der Waals surface area contributed by atoms with E-state index in [1.54, 1.807) is 11.0 Å². The Kier molecular flexibility index (Phi) is 5.59. The number of aryl methyl sites for hydroxylation is 1. The van der Waals surface area contributed by atoms with Crippen molar-refractivity contribution >= 4 is 29.6 Å². The zero-order chi connectivity index (χ0) is 20.2. The fourth-order valence-corrected chi connectivity index (χ4v) is 3.76. The van der Waals surface area contributed by atoms with E-state index < -0.39 is 0 Å². The van der Waals surface area contributed by atoms with Crippen LogP contribution in [0.2, 0.25) is 0 Å². The van der Waals surface area contributed by atoms with Crippen LogP contribution < -0.4 is 15.1 Å². The molecule has 4 rings (SSSR count). The zero-order valence-corrected chi connectivity index (χ0v) is 16.7. The number of anilines is 3. The van der Waals surface area contributed by atoms with E-state index >= 15 is 0 Å². The van der Waals surface area contributed by atoms with E-state index in [-0.39, 0.29) is 5.91 Å². The molecule has 0 atom stereocenters. The van der Waals surface area contributed by atoms with Crippen LogP contribution in [0.1, 0.15) is 29.0 Å². The molecule has 0 spiro atoms. The second-order valence-corrected chi connectivity index (χ2v) is 7.52. The van der Waals surface area contributed by atoms with Gasteiger partial charge >= 0.3 is 0 Å². The number of benzene rings is 1. The average molecular weight is 394 g/mol. The van der Waals surface area contributed by atoms with E-state index in [9.17, 15) is 9.59 Å². The molecule has 0 saturated carbocycles. The number of piperazine rings is 1. The quantitative estimate of drug-likeness (QED) is 0.781. The maximum Gasteiger partial charge on any atom is 0.274 e. The maximum atomic E-state index is 12.8. The second-order valence-electron chi connectivity index (χ2n) is 7.52. The minimum Gasteiger partial charge on any atom is -0.372 e. The molecule has 2 saturated heterocycles. The molecule has 0 unspecified atom stereocenters. The van der Waals surface area contributed by atoms with Gasteiger partial charge in [0.05, 0.1) is 0 Å². The molecule has 2 fully saturated rings. The van der Waals surface area contributed by atoms with Crippen LogP contribution in [-0.2, 0) is 4.79 Å². The number of nitrogens with zero attached hydrogens (tertiary/aromatic N) is 5. The first-order valence-corrected chi connectivity index (χ1v) is 10.1. The number of aromatic nitrogens is 2. The molecule has 8 nitrogen and oxygen atoms in total. The lowest BCUT2D eigenvalue weighted by Crippen LogP contribution is -2.46. The van der Waals surface area contributed by atoms with Crippen molar-refractivity contribution in [1.82, 2.24) is 14.9 Å². The van der Waals surface area contributed by atoms with Crippen molar-refractivity contribution in [3.05, 3.63) is 41.7 Å². The van der Waals surface area contributed by atoms with Crippen molar-refractivity contribution < 1.29 is 9.59 Å². The summed E-state index contributed by atoms with van der Waals surface area (Å²) in [7, 11) is 0. The minimum atomic E-state index is -0.253. The highest BCUT2D eigenvalue weighted by atomic mass is 16.2. The van der Waals surface area contributed by atoms with Gasteiger partial charge in [0.2, 0.25) is 12.4 Å². The van der Waals surface area contributed by atoms with Gasteiger partial charge in [-0.2, -0.15) is 0 Å². The molecule has 2 aliphatic heterocycles. The number of amides is 2. The van der Waals surface area contributed by atoms with E-state index in [4.69, 9.17) is 0 Å². The van der Waals surface area contributed by atoms with Gasteiger partial charge in [-0.05, 0) is 50.1 Å². The molecule has 0 aliphatic carbocycles. The monoisotopic (exact) mass is 394 g/mol. The lowest BCUT2D eigenvalue weighted by Gasteiger charge is -2.32. The predicted octanol–water partition coefficient (Wildman–Crippen LogP) is 1.92. The average Bonchev–Trinajstić information content (AvgIpc) is 3.29. The summed E-state index contributed by atoms with van der Waals surface area (Å²) < 4.78 is 0. The molecule has 8 heteroatoms. The Labute approximate surface area is 170 Å². The van der Waals surface area contributed by atoms with E-state index in [0.29, 0.717) is 37.8 Å². The summed E-state index contributed by atoms with van der Waals surface area (Å²) in [5, 5.41) is 2.93. The maximum absolute atomic E-state index is 12.8. The third-order valence-corrected chi connectivity index (χ3v) is 5.42. The minimum absolute atomic E-state index is 0.253. The first-order chi connectivity index (χ1) is 14.1. The van der Waals surface area contributed by atoms with Crippen LogP contribution in [0, 0.1) is 6.92 Å². The lowest BCUT2D eigenvalue weighted by atomic mass is 10.2. The zero-order valence-electron chi connectivity index (χ0n) is 16.7. The Morgan fingerprint density at radius 1 is 0.966 bits per heavy atom. The molecule has 2 aromatic rings. The summed E-state index contributed by atoms with van der Waals surface area (Å²) in [6.07, 6.45) is 3.33. The highest BCUT2D eigenvalue weighted by molar-refractivity contribution is 6.03. The number of hydrogen-bond donors (Lipinski definition) is 1. The SMILES string of the molecule is Cc1cc(C(=O)Nc2ccc(N3CCCC3)cc2)nc(N2CCN(C=O)CC2)n1. The summed E-state index contributed by atoms with van der Waals surface area (Å²) >= 11 is 0. The van der Waals surface area contributed by atoms with E-state index in [0.717, 1.165) is 30.9 Å². The smallest absolute Gasteiger partial charge is 0.274 e. The van der Waals surface area contributed by atoms with Gasteiger partial charge in [0.1, 0.15) is 5.69 Å². The number of rotatable bonds is 5. The van der Waals surface area contributed by atoms with Gasteiger partial charge in [-0.1, -0.05) is 0 Å². The van der Waals surface area contributed by atoms with Gasteiger partial charge < -0.3 is 20.0 Å². The van der Waals surface area contributed by atoms with Crippen LogP contribution in [0.15, 0.2) is 30.3 Å². The van der Waals surface area contributed by atoms with Crippen LogP contribution in [0.25, 0.3) is 0 Å².